The number of carboxylic acid groups (broad SMARTS) is 1. The van der Waals surface area contributed by atoms with E-state index >= 15 is 0 Å². The van der Waals surface area contributed by atoms with E-state index in [0.717, 1.165) is 10.9 Å². The third-order valence-electron chi connectivity index (χ3n) is 2.24. The third kappa shape index (κ3) is 2.26. The molecule has 0 aliphatic heterocycles. The highest BCUT2D eigenvalue weighted by atomic mass is 127. The summed E-state index contributed by atoms with van der Waals surface area (Å²) in [5, 5.41) is 9.75. The molecule has 2 aromatic rings. The lowest BCUT2D eigenvalue weighted by Gasteiger charge is -1.97. The van der Waals surface area contributed by atoms with Gasteiger partial charge in [-0.2, -0.15) is 0 Å². The van der Waals surface area contributed by atoms with Crippen LogP contribution in [-0.2, 0) is 7.05 Å². The average Bonchev–Trinajstić information content (AvgIpc) is 2.17. The number of hydrogen-bond donors (Lipinski definition) is 1. The topological polar surface area (TPSA) is 41.2 Å². The zero-order valence-corrected chi connectivity index (χ0v) is 10.3. The number of hydrogen-bond acceptors (Lipinski definition) is 1. The van der Waals surface area contributed by atoms with E-state index in [-0.39, 0.29) is 24.0 Å². The Morgan fingerprint density at radius 3 is 2.73 bits per heavy atom. The van der Waals surface area contributed by atoms with E-state index in [9.17, 15) is 4.79 Å². The van der Waals surface area contributed by atoms with Crippen LogP contribution in [0.3, 0.4) is 0 Å². The van der Waals surface area contributed by atoms with E-state index < -0.39 is 5.97 Å². The van der Waals surface area contributed by atoms with Crippen molar-refractivity contribution >= 4 is 16.9 Å². The van der Waals surface area contributed by atoms with Crippen LogP contribution in [0.2, 0.25) is 0 Å². The predicted molar refractivity (Wildman–Crippen MR) is 52.1 cm³/mol. The summed E-state index contributed by atoms with van der Waals surface area (Å²) in [6.45, 7) is 0. The molecule has 1 aromatic carbocycles. The number of aromatic carboxylic acids is 1. The van der Waals surface area contributed by atoms with E-state index in [2.05, 4.69) is 0 Å². The molecule has 0 saturated heterocycles. The summed E-state index contributed by atoms with van der Waals surface area (Å²) in [6, 6.07) is 8.91. The van der Waals surface area contributed by atoms with Gasteiger partial charge in [0.1, 0.15) is 7.05 Å². The Balaban J connectivity index is 0.00000112. The Kier molecular flexibility index (Phi) is 3.62. The fraction of sp³-hybridized carbons (Fsp3) is 0.0909. The Morgan fingerprint density at radius 1 is 1.33 bits per heavy atom. The van der Waals surface area contributed by atoms with Crippen molar-refractivity contribution in [1.29, 1.82) is 0 Å². The summed E-state index contributed by atoms with van der Waals surface area (Å²) in [6.07, 6.45) is 1.93. The van der Waals surface area contributed by atoms with Gasteiger partial charge in [-0.1, -0.05) is 0 Å². The van der Waals surface area contributed by atoms with Crippen LogP contribution in [0.5, 0.6) is 0 Å². The van der Waals surface area contributed by atoms with Gasteiger partial charge in [0.25, 0.3) is 0 Å². The maximum Gasteiger partial charge on any atom is 0.335 e. The van der Waals surface area contributed by atoms with Crippen molar-refractivity contribution in [3.63, 3.8) is 0 Å². The number of carboxylic acids is 1. The van der Waals surface area contributed by atoms with E-state index in [0.29, 0.717) is 5.56 Å². The van der Waals surface area contributed by atoms with Gasteiger partial charge >= 0.3 is 5.97 Å². The van der Waals surface area contributed by atoms with Gasteiger partial charge in [0.2, 0.25) is 5.52 Å². The highest BCUT2D eigenvalue weighted by molar-refractivity contribution is 5.92. The van der Waals surface area contributed by atoms with Crippen LogP contribution in [0.25, 0.3) is 10.9 Å². The molecule has 0 radical (unpaired) electrons. The summed E-state index contributed by atoms with van der Waals surface area (Å²) in [7, 11) is 1.93. The molecule has 0 bridgehead atoms. The van der Waals surface area contributed by atoms with E-state index in [4.69, 9.17) is 5.11 Å². The lowest BCUT2D eigenvalue weighted by atomic mass is 10.1. The summed E-state index contributed by atoms with van der Waals surface area (Å²) in [5.41, 5.74) is 1.35. The van der Waals surface area contributed by atoms with Crippen molar-refractivity contribution in [2.24, 2.45) is 7.05 Å². The highest BCUT2D eigenvalue weighted by Gasteiger charge is 2.07. The first kappa shape index (κ1) is 11.9. The number of pyridine rings is 1. The second-order valence-electron chi connectivity index (χ2n) is 3.20. The standard InChI is InChI=1S/C11H9NO2.HI/c1-12-6-2-3-8-7-9(11(13)14)4-5-10(8)12;/h2-7H,1H3;1H. The fourth-order valence-corrected chi connectivity index (χ4v) is 1.50. The number of nitrogens with zero attached hydrogens (tertiary/aromatic N) is 1. The lowest BCUT2D eigenvalue weighted by molar-refractivity contribution is -0.644. The number of benzene rings is 1. The molecule has 0 aliphatic carbocycles. The monoisotopic (exact) mass is 315 g/mol. The van der Waals surface area contributed by atoms with Gasteiger partial charge in [-0.15, -0.1) is 0 Å². The molecule has 0 amide bonds. The summed E-state index contributed by atoms with van der Waals surface area (Å²) >= 11 is 0. The third-order valence-corrected chi connectivity index (χ3v) is 2.24. The zero-order chi connectivity index (χ0) is 10.1. The minimum Gasteiger partial charge on any atom is -1.00 e. The quantitative estimate of drug-likeness (QED) is 0.507. The highest BCUT2D eigenvalue weighted by Crippen LogP contribution is 2.11. The molecule has 0 saturated carbocycles. The Hall–Kier alpha value is -1.17. The second kappa shape index (κ2) is 4.57. The van der Waals surface area contributed by atoms with E-state index in [1.807, 2.05) is 36.0 Å². The number of rotatable bonds is 1. The molecule has 1 heterocycles. The van der Waals surface area contributed by atoms with E-state index in [1.54, 1.807) is 12.1 Å². The van der Waals surface area contributed by atoms with Gasteiger partial charge in [0, 0.05) is 17.5 Å². The Labute approximate surface area is 104 Å². The van der Waals surface area contributed by atoms with Gasteiger partial charge in [-0.25, -0.2) is 9.36 Å². The van der Waals surface area contributed by atoms with Crippen LogP contribution in [0.15, 0.2) is 36.5 Å². The van der Waals surface area contributed by atoms with Crippen molar-refractivity contribution in [2.75, 3.05) is 0 Å². The summed E-state index contributed by atoms with van der Waals surface area (Å²) in [5.74, 6) is -0.890. The second-order valence-corrected chi connectivity index (χ2v) is 3.20. The lowest BCUT2D eigenvalue weighted by Crippen LogP contribution is -3.00. The molecule has 0 spiro atoms. The van der Waals surface area contributed by atoms with Gasteiger partial charge in [-0.3, -0.25) is 0 Å². The number of carbonyl (C=O) groups is 1. The smallest absolute Gasteiger partial charge is 0.335 e. The molecule has 0 fully saturated rings. The number of halogens is 1. The summed E-state index contributed by atoms with van der Waals surface area (Å²) < 4.78 is 1.96. The van der Waals surface area contributed by atoms with Crippen molar-refractivity contribution < 1.29 is 38.4 Å². The van der Waals surface area contributed by atoms with Gasteiger partial charge < -0.3 is 29.1 Å². The molecule has 2 rings (SSSR count). The molecule has 15 heavy (non-hydrogen) atoms. The largest absolute Gasteiger partial charge is 1.00 e. The normalized spacial score (nSPS) is 9.67. The fourth-order valence-electron chi connectivity index (χ4n) is 1.50. The molecule has 3 nitrogen and oxygen atoms in total. The summed E-state index contributed by atoms with van der Waals surface area (Å²) in [4.78, 5) is 10.7. The molecular weight excluding hydrogens is 305 g/mol. The van der Waals surface area contributed by atoms with Gasteiger partial charge in [0.15, 0.2) is 6.20 Å². The van der Waals surface area contributed by atoms with Crippen LogP contribution >= 0.6 is 0 Å². The Morgan fingerprint density at radius 2 is 2.07 bits per heavy atom. The van der Waals surface area contributed by atoms with Crippen LogP contribution in [0.4, 0.5) is 0 Å². The maximum atomic E-state index is 10.7. The molecule has 0 aliphatic rings. The van der Waals surface area contributed by atoms with Crippen LogP contribution in [0, 0.1) is 0 Å². The first-order valence-corrected chi connectivity index (χ1v) is 4.30. The molecule has 78 valence electrons. The van der Waals surface area contributed by atoms with Crippen molar-refractivity contribution in [1.82, 2.24) is 0 Å². The first-order chi connectivity index (χ1) is 6.68. The molecule has 0 atom stereocenters. The maximum absolute atomic E-state index is 10.7. The molecule has 0 unspecified atom stereocenters. The molecule has 1 N–H and O–H groups in total. The molecular formula is C11H10INO2. The van der Waals surface area contributed by atoms with Gasteiger partial charge in [0.05, 0.1) is 5.56 Å². The molecule has 4 heteroatoms. The number of fused-ring (bicyclic) bond motifs is 1. The minimum absolute atomic E-state index is 0. The van der Waals surface area contributed by atoms with Gasteiger partial charge in [-0.05, 0) is 18.2 Å². The van der Waals surface area contributed by atoms with Crippen LogP contribution in [0.1, 0.15) is 10.4 Å². The average molecular weight is 315 g/mol. The number of aryl methyl sites for hydroxylation is 1. The van der Waals surface area contributed by atoms with Crippen molar-refractivity contribution in [2.45, 2.75) is 0 Å². The zero-order valence-electron chi connectivity index (χ0n) is 8.14. The van der Waals surface area contributed by atoms with Crippen LogP contribution < -0.4 is 28.5 Å². The SMILES string of the molecule is C[n+]1cccc2cc(C(=O)O)ccc21.[I-]. The Bertz CT molecular complexity index is 511. The van der Waals surface area contributed by atoms with Crippen molar-refractivity contribution in [3.05, 3.63) is 42.1 Å². The van der Waals surface area contributed by atoms with Crippen molar-refractivity contribution in [3.8, 4) is 0 Å². The predicted octanol–water partition coefficient (Wildman–Crippen LogP) is -1.63. The van der Waals surface area contributed by atoms with E-state index in [1.165, 1.54) is 0 Å². The molecule has 1 aromatic heterocycles. The first-order valence-electron chi connectivity index (χ1n) is 4.30. The minimum atomic E-state index is -0.890. The van der Waals surface area contributed by atoms with Crippen LogP contribution in [-0.4, -0.2) is 11.1 Å². The number of aromatic nitrogens is 1.